The predicted octanol–water partition coefficient (Wildman–Crippen LogP) is 7.83. The van der Waals surface area contributed by atoms with E-state index in [1.807, 2.05) is 140 Å². The van der Waals surface area contributed by atoms with Crippen molar-refractivity contribution in [1.29, 1.82) is 0 Å². The third-order valence-electron chi connectivity index (χ3n) is 8.78. The molecule has 2 atom stereocenters. The summed E-state index contributed by atoms with van der Waals surface area (Å²) in [7, 11) is -3.44. The Morgan fingerprint density at radius 3 is 1.24 bits per heavy atom. The van der Waals surface area contributed by atoms with Crippen molar-refractivity contribution in [2.24, 2.45) is 0 Å². The van der Waals surface area contributed by atoms with Crippen LogP contribution in [0.4, 0.5) is 0 Å². The Morgan fingerprint density at radius 1 is 0.565 bits per heavy atom. The highest BCUT2D eigenvalue weighted by Crippen LogP contribution is 2.72. The Morgan fingerprint density at radius 2 is 0.913 bits per heavy atom. The highest BCUT2D eigenvalue weighted by atomic mass is 79.9. The lowest BCUT2D eigenvalue weighted by Crippen LogP contribution is -3.11. The number of rotatable bonds is 8. The predicted molar refractivity (Wildman–Crippen MR) is 200 cm³/mol. The van der Waals surface area contributed by atoms with Crippen molar-refractivity contribution in [2.75, 3.05) is 19.6 Å². The molecule has 0 amide bonds. The van der Waals surface area contributed by atoms with Gasteiger partial charge in [-0.25, -0.2) is 0 Å². The molecule has 1 aliphatic rings. The van der Waals surface area contributed by atoms with Crippen molar-refractivity contribution in [3.8, 4) is 0 Å². The average molecular weight is 761 g/mol. The van der Waals surface area contributed by atoms with Crippen molar-refractivity contribution in [3.05, 3.63) is 160 Å². The van der Waals surface area contributed by atoms with Crippen LogP contribution >= 0.6 is 39.0 Å². The van der Waals surface area contributed by atoms with Gasteiger partial charge in [0.25, 0.3) is 6.55 Å². The van der Waals surface area contributed by atoms with Crippen LogP contribution in [-0.2, 0) is 13.9 Å². The van der Waals surface area contributed by atoms with E-state index >= 15 is 4.57 Å². The molecule has 0 spiro atoms. The Hall–Kier alpha value is -2.77. The number of nitrogens with one attached hydrogen (secondary N) is 1. The van der Waals surface area contributed by atoms with Gasteiger partial charge in [-0.3, -0.25) is 0 Å². The summed E-state index contributed by atoms with van der Waals surface area (Å²) < 4.78 is 32.0. The van der Waals surface area contributed by atoms with E-state index in [-0.39, 0.29) is 0 Å². The number of halogens is 2. The van der Waals surface area contributed by atoms with Gasteiger partial charge in [-0.2, -0.15) is 0 Å². The molecule has 4 nitrogen and oxygen atoms in total. The van der Waals surface area contributed by atoms with Gasteiger partial charge in [-0.1, -0.05) is 147 Å². The van der Waals surface area contributed by atoms with Gasteiger partial charge >= 0.3 is 0 Å². The average Bonchev–Trinajstić information content (AvgIpc) is 3.11. The van der Waals surface area contributed by atoms with Crippen molar-refractivity contribution in [2.45, 2.75) is 32.5 Å². The number of hydrogen-bond acceptors (Lipinski definition) is 3. The summed E-state index contributed by atoms with van der Waals surface area (Å²) in [4.78, 5) is 1.68. The molecular weight excluding hydrogens is 720 g/mol. The molecule has 5 aromatic rings. The first-order valence-electron chi connectivity index (χ1n) is 16.0. The molecule has 0 aromatic heterocycles. The SMILES string of the molecule is CC[NH+](CC)CC.O=P1(c2ccccc2)C(c2ccc(Br)cc2)O[B-](c2ccccc2)(c2ccccc2)OC1c1ccc(Br)cc1. The normalized spacial score (nSPS) is 20.5. The molecule has 6 rings (SSSR count). The Kier molecular flexibility index (Phi) is 11.9. The van der Waals surface area contributed by atoms with Gasteiger partial charge in [0.15, 0.2) is 7.14 Å². The van der Waals surface area contributed by atoms with Crippen molar-refractivity contribution in [1.82, 2.24) is 0 Å². The summed E-state index contributed by atoms with van der Waals surface area (Å²) in [5, 5.41) is 0.719. The molecule has 1 saturated heterocycles. The van der Waals surface area contributed by atoms with Crippen LogP contribution in [-0.4, -0.2) is 26.2 Å². The van der Waals surface area contributed by atoms with Crippen molar-refractivity contribution in [3.63, 3.8) is 0 Å². The maximum Gasteiger partial charge on any atom is 0.300 e. The second-order valence-electron chi connectivity index (χ2n) is 11.5. The van der Waals surface area contributed by atoms with Crippen LogP contribution in [0.2, 0.25) is 0 Å². The van der Waals surface area contributed by atoms with Crippen LogP contribution in [0.3, 0.4) is 0 Å². The minimum absolute atomic E-state index is 0.719. The van der Waals surface area contributed by atoms with E-state index in [0.29, 0.717) is 0 Å². The van der Waals surface area contributed by atoms with E-state index in [2.05, 4.69) is 52.6 Å². The lowest BCUT2D eigenvalue weighted by atomic mass is 9.46. The summed E-state index contributed by atoms with van der Waals surface area (Å²) in [5.74, 6) is -1.51. The molecular formula is C38H41BBr2NO3P. The first-order valence-corrected chi connectivity index (χ1v) is 19.4. The molecule has 1 N–H and O–H groups in total. The summed E-state index contributed by atoms with van der Waals surface area (Å²) in [6, 6.07) is 45.5. The van der Waals surface area contributed by atoms with E-state index in [1.54, 1.807) is 4.90 Å². The van der Waals surface area contributed by atoms with Gasteiger partial charge in [0, 0.05) is 14.2 Å². The van der Waals surface area contributed by atoms with Gasteiger partial charge in [0.2, 0.25) is 0 Å². The molecule has 0 bridgehead atoms. The molecule has 0 radical (unpaired) electrons. The van der Waals surface area contributed by atoms with Gasteiger partial charge < -0.3 is 18.8 Å². The molecule has 2 unspecified atom stereocenters. The lowest BCUT2D eigenvalue weighted by molar-refractivity contribution is -0.894. The van der Waals surface area contributed by atoms with Gasteiger partial charge in [0.05, 0.1) is 19.6 Å². The second kappa shape index (κ2) is 15.9. The zero-order chi connectivity index (χ0) is 32.6. The topological polar surface area (TPSA) is 40.0 Å². The zero-order valence-corrected chi connectivity index (χ0v) is 30.6. The summed E-state index contributed by atoms with van der Waals surface area (Å²) >= 11 is 7.12. The second-order valence-corrected chi connectivity index (χ2v) is 16.2. The van der Waals surface area contributed by atoms with Crippen LogP contribution in [0.15, 0.2) is 148 Å². The van der Waals surface area contributed by atoms with E-state index in [9.17, 15) is 0 Å². The first kappa shape index (κ1) is 34.6. The number of hydrogen-bond donors (Lipinski definition) is 1. The quantitative estimate of drug-likeness (QED) is 0.130. The van der Waals surface area contributed by atoms with Crippen LogP contribution in [0.25, 0.3) is 0 Å². The molecule has 238 valence electrons. The molecule has 1 heterocycles. The lowest BCUT2D eigenvalue weighted by Gasteiger charge is -2.56. The molecule has 1 fully saturated rings. The Bertz CT molecular complexity index is 1600. The fraction of sp³-hybridized carbons (Fsp3) is 0.211. The van der Waals surface area contributed by atoms with Crippen molar-refractivity contribution < 1.29 is 18.8 Å². The summed E-state index contributed by atoms with van der Waals surface area (Å²) in [6.45, 7) is 8.25. The van der Waals surface area contributed by atoms with Crippen LogP contribution in [0, 0.1) is 0 Å². The largest absolute Gasteiger partial charge is 0.549 e. The van der Waals surface area contributed by atoms with E-state index in [1.165, 1.54) is 19.6 Å². The Balaban J connectivity index is 0.000000537. The molecule has 46 heavy (non-hydrogen) atoms. The molecule has 1 aliphatic heterocycles. The van der Waals surface area contributed by atoms with Crippen LogP contribution in [0.1, 0.15) is 43.6 Å². The minimum Gasteiger partial charge on any atom is -0.549 e. The van der Waals surface area contributed by atoms with Crippen LogP contribution in [0.5, 0.6) is 0 Å². The maximum atomic E-state index is 15.8. The Labute approximate surface area is 290 Å². The monoisotopic (exact) mass is 759 g/mol. The van der Waals surface area contributed by atoms with Gasteiger partial charge in [0.1, 0.15) is 11.7 Å². The van der Waals surface area contributed by atoms with Gasteiger partial charge in [-0.15, -0.1) is 10.9 Å². The van der Waals surface area contributed by atoms with Gasteiger partial charge in [-0.05, 0) is 56.2 Å². The standard InChI is InChI=1S/C32H25BBr2O3P.C6H15N/c34-28-20-16-24(17-21-28)31-37-33(26-10-4-1-5-11-26,27-12-6-2-7-13-27)38-32(25-18-22-29(35)23-19-25)39(31,36)30-14-8-3-9-15-30;1-4-7(5-2)6-3/h1-23,31-32H;4-6H2,1-3H3/q-1;/p+1. The van der Waals surface area contributed by atoms with E-state index < -0.39 is 25.4 Å². The highest BCUT2D eigenvalue weighted by Gasteiger charge is 2.53. The fourth-order valence-corrected chi connectivity index (χ4v) is 10.0. The van der Waals surface area contributed by atoms with Crippen LogP contribution < -0.4 is 21.1 Å². The summed E-state index contributed by atoms with van der Waals surface area (Å²) in [6.07, 6.45) is 0. The first-order chi connectivity index (χ1) is 22.3. The smallest absolute Gasteiger partial charge is 0.300 e. The molecule has 8 heteroatoms. The maximum absolute atomic E-state index is 15.8. The van der Waals surface area contributed by atoms with E-state index in [0.717, 1.165) is 36.3 Å². The third-order valence-corrected chi connectivity index (χ3v) is 13.2. The van der Waals surface area contributed by atoms with Crippen molar-refractivity contribution >= 4 is 61.8 Å². The fourth-order valence-electron chi connectivity index (χ4n) is 6.16. The zero-order valence-electron chi connectivity index (χ0n) is 26.6. The summed E-state index contributed by atoms with van der Waals surface area (Å²) in [5.41, 5.74) is 3.47. The number of benzene rings is 5. The highest BCUT2D eigenvalue weighted by molar-refractivity contribution is 9.10. The minimum atomic E-state index is -3.44. The van der Waals surface area contributed by atoms with E-state index in [4.69, 9.17) is 9.31 Å². The number of quaternary nitrogens is 1. The molecule has 0 saturated carbocycles. The molecule has 0 aliphatic carbocycles. The molecule has 5 aromatic carbocycles. The third kappa shape index (κ3) is 7.36.